The number of fused-ring (bicyclic) bond motifs is 1. The fraction of sp³-hybridized carbons (Fsp3) is 0.500. The van der Waals surface area contributed by atoms with Gasteiger partial charge in [0.05, 0.1) is 11.2 Å². The van der Waals surface area contributed by atoms with E-state index in [4.69, 9.17) is 9.31 Å². The number of benzene rings is 1. The Morgan fingerprint density at radius 3 is 2.35 bits per heavy atom. The van der Waals surface area contributed by atoms with Gasteiger partial charge in [-0.2, -0.15) is 0 Å². The molecule has 2 aromatic rings. The molecule has 3 nitrogen and oxygen atoms in total. The second kappa shape index (κ2) is 4.37. The van der Waals surface area contributed by atoms with Gasteiger partial charge in [-0.25, -0.2) is 0 Å². The number of rotatable bonds is 2. The lowest BCUT2D eigenvalue weighted by Gasteiger charge is -2.32. The Morgan fingerprint density at radius 2 is 1.75 bits per heavy atom. The number of aromatic amines is 1. The van der Waals surface area contributed by atoms with Gasteiger partial charge in [0.2, 0.25) is 0 Å². The molecule has 2 heterocycles. The maximum absolute atomic E-state index is 6.12. The van der Waals surface area contributed by atoms with Crippen molar-refractivity contribution in [1.29, 1.82) is 0 Å². The first-order valence-corrected chi connectivity index (χ1v) is 7.29. The summed E-state index contributed by atoms with van der Waals surface area (Å²) in [6.45, 7) is 10.5. The molecular formula is C16H22BNO2. The third kappa shape index (κ3) is 1.98. The minimum absolute atomic E-state index is 0.288. The Balaban J connectivity index is 1.99. The molecule has 1 saturated heterocycles. The average molecular weight is 271 g/mol. The maximum Gasteiger partial charge on any atom is 0.494 e. The normalized spacial score (nSPS) is 20.8. The summed E-state index contributed by atoms with van der Waals surface area (Å²) < 4.78 is 12.2. The predicted molar refractivity (Wildman–Crippen MR) is 83.4 cm³/mol. The van der Waals surface area contributed by atoms with Crippen LogP contribution in [0.1, 0.15) is 40.2 Å². The largest absolute Gasteiger partial charge is 0.494 e. The van der Waals surface area contributed by atoms with Crippen LogP contribution in [0, 0.1) is 0 Å². The Bertz CT molecular complexity index is 629. The van der Waals surface area contributed by atoms with Crippen molar-refractivity contribution < 1.29 is 9.31 Å². The topological polar surface area (TPSA) is 34.2 Å². The van der Waals surface area contributed by atoms with Crippen molar-refractivity contribution in [3.8, 4) is 0 Å². The first kappa shape index (κ1) is 13.7. The van der Waals surface area contributed by atoms with Crippen molar-refractivity contribution >= 4 is 23.5 Å². The van der Waals surface area contributed by atoms with Crippen LogP contribution in [0.2, 0.25) is 0 Å². The number of aryl methyl sites for hydroxylation is 1. The quantitative estimate of drug-likeness (QED) is 0.852. The molecule has 4 heteroatoms. The van der Waals surface area contributed by atoms with E-state index in [0.717, 1.165) is 11.9 Å². The van der Waals surface area contributed by atoms with Gasteiger partial charge < -0.3 is 14.3 Å². The summed E-state index contributed by atoms with van der Waals surface area (Å²) in [5, 5.41) is 1.26. The highest BCUT2D eigenvalue weighted by Crippen LogP contribution is 2.36. The SMILES string of the molecule is CCc1c[nH]c2ccc(B3OC(C)(C)C(C)(C)O3)cc12. The van der Waals surface area contributed by atoms with Gasteiger partial charge in [0.15, 0.2) is 0 Å². The monoisotopic (exact) mass is 271 g/mol. The minimum Gasteiger partial charge on any atom is -0.399 e. The molecule has 0 aliphatic carbocycles. The van der Waals surface area contributed by atoms with Crippen LogP contribution in [0.25, 0.3) is 10.9 Å². The molecule has 1 aromatic carbocycles. The zero-order valence-electron chi connectivity index (χ0n) is 12.9. The Hall–Kier alpha value is -1.26. The zero-order chi connectivity index (χ0) is 14.5. The summed E-state index contributed by atoms with van der Waals surface area (Å²) in [6, 6.07) is 6.38. The van der Waals surface area contributed by atoms with Crippen LogP contribution >= 0.6 is 0 Å². The lowest BCUT2D eigenvalue weighted by Crippen LogP contribution is -2.41. The third-order valence-electron chi connectivity index (χ3n) is 4.70. The van der Waals surface area contributed by atoms with Crippen molar-refractivity contribution in [2.75, 3.05) is 0 Å². The molecule has 0 radical (unpaired) electrons. The van der Waals surface area contributed by atoms with Crippen molar-refractivity contribution in [2.45, 2.75) is 52.2 Å². The Morgan fingerprint density at radius 1 is 1.10 bits per heavy atom. The molecule has 0 amide bonds. The van der Waals surface area contributed by atoms with Gasteiger partial charge in [-0.1, -0.05) is 19.1 Å². The highest BCUT2D eigenvalue weighted by atomic mass is 16.7. The van der Waals surface area contributed by atoms with E-state index in [1.54, 1.807) is 0 Å². The lowest BCUT2D eigenvalue weighted by molar-refractivity contribution is 0.00578. The highest BCUT2D eigenvalue weighted by Gasteiger charge is 2.51. The summed E-state index contributed by atoms with van der Waals surface area (Å²) >= 11 is 0. The van der Waals surface area contributed by atoms with Crippen molar-refractivity contribution in [3.63, 3.8) is 0 Å². The van der Waals surface area contributed by atoms with Gasteiger partial charge in [-0.05, 0) is 51.2 Å². The predicted octanol–water partition coefficient (Wildman–Crippen LogP) is 3.03. The smallest absolute Gasteiger partial charge is 0.399 e. The Kier molecular flexibility index (Phi) is 3.00. The number of aromatic nitrogens is 1. The summed E-state index contributed by atoms with van der Waals surface area (Å²) in [7, 11) is -0.288. The van der Waals surface area contributed by atoms with Gasteiger partial charge in [0.25, 0.3) is 0 Å². The summed E-state index contributed by atoms with van der Waals surface area (Å²) in [5.74, 6) is 0. The molecular weight excluding hydrogens is 249 g/mol. The van der Waals surface area contributed by atoms with Gasteiger partial charge >= 0.3 is 7.12 Å². The first-order chi connectivity index (χ1) is 9.34. The summed E-state index contributed by atoms with van der Waals surface area (Å²) in [6.07, 6.45) is 3.10. The van der Waals surface area contributed by atoms with Crippen LogP contribution < -0.4 is 5.46 Å². The molecule has 0 saturated carbocycles. The molecule has 0 atom stereocenters. The zero-order valence-corrected chi connectivity index (χ0v) is 12.9. The average Bonchev–Trinajstić information content (AvgIpc) is 2.87. The molecule has 0 unspecified atom stereocenters. The van der Waals surface area contributed by atoms with E-state index in [0.29, 0.717) is 0 Å². The van der Waals surface area contributed by atoms with E-state index in [1.165, 1.54) is 16.5 Å². The molecule has 1 fully saturated rings. The van der Waals surface area contributed by atoms with Crippen LogP contribution in [-0.2, 0) is 15.7 Å². The Labute approximate surface area is 120 Å². The molecule has 106 valence electrons. The van der Waals surface area contributed by atoms with Crippen molar-refractivity contribution in [1.82, 2.24) is 4.98 Å². The molecule has 1 N–H and O–H groups in total. The van der Waals surface area contributed by atoms with Crippen LogP contribution in [-0.4, -0.2) is 23.3 Å². The van der Waals surface area contributed by atoms with Gasteiger partial charge in [-0.15, -0.1) is 0 Å². The fourth-order valence-electron chi connectivity index (χ4n) is 2.61. The molecule has 0 bridgehead atoms. The van der Waals surface area contributed by atoms with E-state index >= 15 is 0 Å². The van der Waals surface area contributed by atoms with Crippen LogP contribution in [0.4, 0.5) is 0 Å². The molecule has 1 aromatic heterocycles. The highest BCUT2D eigenvalue weighted by molar-refractivity contribution is 6.62. The molecule has 3 rings (SSSR count). The number of hydrogen-bond acceptors (Lipinski definition) is 2. The third-order valence-corrected chi connectivity index (χ3v) is 4.70. The van der Waals surface area contributed by atoms with E-state index < -0.39 is 0 Å². The minimum atomic E-state index is -0.293. The van der Waals surface area contributed by atoms with Crippen LogP contribution in [0.5, 0.6) is 0 Å². The van der Waals surface area contributed by atoms with Crippen molar-refractivity contribution in [3.05, 3.63) is 30.0 Å². The van der Waals surface area contributed by atoms with Gasteiger partial charge in [0.1, 0.15) is 0 Å². The summed E-state index contributed by atoms with van der Waals surface area (Å²) in [4.78, 5) is 3.31. The van der Waals surface area contributed by atoms with Crippen LogP contribution in [0.15, 0.2) is 24.4 Å². The molecule has 1 aliphatic heterocycles. The molecule has 0 spiro atoms. The second-order valence-electron chi connectivity index (χ2n) is 6.56. The standard InChI is InChI=1S/C16H22BNO2/c1-6-11-10-18-14-8-7-12(9-13(11)14)17-19-15(2,3)16(4,5)20-17/h7-10,18H,6H2,1-5H3. The van der Waals surface area contributed by atoms with E-state index in [1.807, 2.05) is 0 Å². The second-order valence-corrected chi connectivity index (χ2v) is 6.56. The first-order valence-electron chi connectivity index (χ1n) is 7.29. The van der Waals surface area contributed by atoms with Gasteiger partial charge in [-0.3, -0.25) is 0 Å². The van der Waals surface area contributed by atoms with E-state index in [9.17, 15) is 0 Å². The maximum atomic E-state index is 6.12. The lowest BCUT2D eigenvalue weighted by atomic mass is 9.78. The summed E-state index contributed by atoms with van der Waals surface area (Å²) in [5.41, 5.74) is 3.00. The molecule has 1 aliphatic rings. The van der Waals surface area contributed by atoms with Crippen molar-refractivity contribution in [2.24, 2.45) is 0 Å². The van der Waals surface area contributed by atoms with E-state index in [-0.39, 0.29) is 18.3 Å². The fourth-order valence-corrected chi connectivity index (χ4v) is 2.61. The van der Waals surface area contributed by atoms with Gasteiger partial charge in [0, 0.05) is 17.1 Å². The van der Waals surface area contributed by atoms with Crippen LogP contribution in [0.3, 0.4) is 0 Å². The van der Waals surface area contributed by atoms with E-state index in [2.05, 4.69) is 64.0 Å². The number of hydrogen-bond donors (Lipinski definition) is 1. The number of nitrogens with one attached hydrogen (secondary N) is 1. The number of H-pyrrole nitrogens is 1. The molecule has 20 heavy (non-hydrogen) atoms.